The SMILES string of the molecule is COC(=O)N1CCC(CN2CC[C@@H](Cc3cn(-c4ccc(F)cc4C(=O)N(C[C@@H](C)O)C(C)C)c4cncc(C)c34)C2)CC1. The molecule has 0 saturated carbocycles. The number of halogens is 1. The number of likely N-dealkylation sites (tertiary alicyclic amines) is 2. The van der Waals surface area contributed by atoms with E-state index in [1.165, 1.54) is 24.8 Å². The smallest absolute Gasteiger partial charge is 0.409 e. The third-order valence-electron chi connectivity index (χ3n) is 9.22. The largest absolute Gasteiger partial charge is 0.453 e. The number of piperidine rings is 1. The number of aliphatic hydroxyl groups is 1. The first kappa shape index (κ1) is 31.9. The second kappa shape index (κ2) is 13.6. The number of aromatic nitrogens is 2. The van der Waals surface area contributed by atoms with Gasteiger partial charge < -0.3 is 29.1 Å². The summed E-state index contributed by atoms with van der Waals surface area (Å²) in [6.45, 7) is 12.3. The number of ether oxygens (including phenoxy) is 1. The molecule has 10 heteroatoms. The molecule has 4 heterocycles. The van der Waals surface area contributed by atoms with E-state index in [2.05, 4.69) is 23.0 Å². The van der Waals surface area contributed by atoms with Gasteiger partial charge in [0.2, 0.25) is 0 Å². The minimum Gasteiger partial charge on any atom is -0.453 e. The normalized spacial score (nSPS) is 18.7. The van der Waals surface area contributed by atoms with Gasteiger partial charge in [-0.25, -0.2) is 9.18 Å². The van der Waals surface area contributed by atoms with Crippen molar-refractivity contribution < 1.29 is 23.8 Å². The third kappa shape index (κ3) is 6.91. The molecule has 3 aromatic rings. The van der Waals surface area contributed by atoms with Crippen LogP contribution in [0.5, 0.6) is 0 Å². The fourth-order valence-electron chi connectivity index (χ4n) is 7.00. The zero-order chi connectivity index (χ0) is 31.5. The lowest BCUT2D eigenvalue weighted by Crippen LogP contribution is -2.41. The van der Waals surface area contributed by atoms with Crippen molar-refractivity contribution in [2.75, 3.05) is 46.4 Å². The quantitative estimate of drug-likeness (QED) is 0.366. The Balaban J connectivity index is 1.37. The molecule has 2 aliphatic rings. The zero-order valence-corrected chi connectivity index (χ0v) is 26.6. The maximum atomic E-state index is 14.6. The summed E-state index contributed by atoms with van der Waals surface area (Å²) in [7, 11) is 1.44. The lowest BCUT2D eigenvalue weighted by atomic mass is 9.96. The van der Waals surface area contributed by atoms with Gasteiger partial charge in [0.05, 0.1) is 36.2 Å². The van der Waals surface area contributed by atoms with Crippen LogP contribution in [0.1, 0.15) is 61.5 Å². The van der Waals surface area contributed by atoms with Crippen LogP contribution >= 0.6 is 0 Å². The van der Waals surface area contributed by atoms with Crippen molar-refractivity contribution in [1.29, 1.82) is 0 Å². The first-order chi connectivity index (χ1) is 21.0. The van der Waals surface area contributed by atoms with Crippen molar-refractivity contribution in [1.82, 2.24) is 24.3 Å². The number of pyridine rings is 1. The van der Waals surface area contributed by atoms with Crippen molar-refractivity contribution in [3.8, 4) is 5.69 Å². The molecule has 2 fully saturated rings. The van der Waals surface area contributed by atoms with Crippen LogP contribution in [0.4, 0.5) is 9.18 Å². The topological polar surface area (TPSA) is 91.1 Å². The number of hydrogen-bond donors (Lipinski definition) is 1. The van der Waals surface area contributed by atoms with Crippen molar-refractivity contribution in [3.63, 3.8) is 0 Å². The highest BCUT2D eigenvalue weighted by Crippen LogP contribution is 2.33. The van der Waals surface area contributed by atoms with Gasteiger partial charge in [0.15, 0.2) is 0 Å². The van der Waals surface area contributed by atoms with Gasteiger partial charge in [-0.05, 0) is 101 Å². The highest BCUT2D eigenvalue weighted by atomic mass is 19.1. The minimum absolute atomic E-state index is 0.160. The molecule has 44 heavy (non-hydrogen) atoms. The van der Waals surface area contributed by atoms with Crippen LogP contribution in [0.2, 0.25) is 0 Å². The Morgan fingerprint density at radius 1 is 1.11 bits per heavy atom. The summed E-state index contributed by atoms with van der Waals surface area (Å²) in [5.41, 5.74) is 4.01. The molecule has 2 aliphatic heterocycles. The van der Waals surface area contributed by atoms with Gasteiger partial charge in [-0.2, -0.15) is 0 Å². The number of carbonyl (C=O) groups excluding carboxylic acids is 2. The number of rotatable bonds is 9. The summed E-state index contributed by atoms with van der Waals surface area (Å²) in [4.78, 5) is 36.1. The predicted octanol–water partition coefficient (Wildman–Crippen LogP) is 5.05. The van der Waals surface area contributed by atoms with Crippen LogP contribution in [0, 0.1) is 24.6 Å². The van der Waals surface area contributed by atoms with E-state index in [0.717, 1.165) is 74.9 Å². The molecule has 238 valence electrons. The van der Waals surface area contributed by atoms with Gasteiger partial charge in [-0.3, -0.25) is 9.78 Å². The number of fused-ring (bicyclic) bond motifs is 1. The van der Waals surface area contributed by atoms with Crippen LogP contribution in [-0.2, 0) is 11.2 Å². The molecule has 5 rings (SSSR count). The summed E-state index contributed by atoms with van der Waals surface area (Å²) in [5, 5.41) is 11.2. The van der Waals surface area contributed by atoms with Crippen LogP contribution in [0.3, 0.4) is 0 Å². The Morgan fingerprint density at radius 3 is 2.52 bits per heavy atom. The van der Waals surface area contributed by atoms with Gasteiger partial charge in [0.1, 0.15) is 5.82 Å². The van der Waals surface area contributed by atoms with Crippen molar-refractivity contribution in [2.24, 2.45) is 11.8 Å². The molecule has 0 bridgehead atoms. The first-order valence-corrected chi connectivity index (χ1v) is 15.8. The number of aliphatic hydroxyl groups excluding tert-OH is 1. The second-order valence-corrected chi connectivity index (χ2v) is 13.0. The molecule has 2 atom stereocenters. The highest BCUT2D eigenvalue weighted by molar-refractivity contribution is 5.99. The molecule has 0 spiro atoms. The highest BCUT2D eigenvalue weighted by Gasteiger charge is 2.30. The van der Waals surface area contributed by atoms with Crippen molar-refractivity contribution in [2.45, 2.75) is 65.5 Å². The monoisotopic (exact) mass is 607 g/mol. The number of benzene rings is 1. The molecule has 2 amide bonds. The maximum absolute atomic E-state index is 14.6. The molecule has 2 saturated heterocycles. The van der Waals surface area contributed by atoms with Gasteiger partial charge in [0.25, 0.3) is 5.91 Å². The number of methoxy groups -OCH3 is 1. The molecular formula is C34H46FN5O4. The lowest BCUT2D eigenvalue weighted by Gasteiger charge is -2.33. The summed E-state index contributed by atoms with van der Waals surface area (Å²) in [6.07, 6.45) is 8.87. The van der Waals surface area contributed by atoms with E-state index in [0.29, 0.717) is 17.5 Å². The molecule has 1 N–H and O–H groups in total. The molecule has 0 aliphatic carbocycles. The average Bonchev–Trinajstić information content (AvgIpc) is 3.60. The molecule has 2 aromatic heterocycles. The van der Waals surface area contributed by atoms with Crippen LogP contribution in [0.25, 0.3) is 16.6 Å². The number of carbonyl (C=O) groups is 2. The van der Waals surface area contributed by atoms with E-state index >= 15 is 0 Å². The van der Waals surface area contributed by atoms with Gasteiger partial charge >= 0.3 is 6.09 Å². The lowest BCUT2D eigenvalue weighted by molar-refractivity contribution is 0.0578. The number of aryl methyl sites for hydroxylation is 1. The second-order valence-electron chi connectivity index (χ2n) is 13.0. The van der Waals surface area contributed by atoms with Crippen molar-refractivity contribution in [3.05, 3.63) is 59.3 Å². The van der Waals surface area contributed by atoms with Gasteiger partial charge in [0, 0.05) is 56.5 Å². The first-order valence-electron chi connectivity index (χ1n) is 15.8. The Bertz CT molecular complexity index is 1480. The fourth-order valence-corrected chi connectivity index (χ4v) is 7.00. The molecular weight excluding hydrogens is 561 g/mol. The zero-order valence-electron chi connectivity index (χ0n) is 26.6. The summed E-state index contributed by atoms with van der Waals surface area (Å²) in [6, 6.07) is 4.19. The third-order valence-corrected chi connectivity index (χ3v) is 9.22. The Labute approximate surface area is 259 Å². The van der Waals surface area contributed by atoms with Crippen molar-refractivity contribution >= 4 is 22.9 Å². The van der Waals surface area contributed by atoms with E-state index in [4.69, 9.17) is 4.74 Å². The molecule has 1 aromatic carbocycles. The number of nitrogens with zero attached hydrogens (tertiary/aromatic N) is 5. The fraction of sp³-hybridized carbons (Fsp3) is 0.559. The maximum Gasteiger partial charge on any atom is 0.409 e. The standard InChI is InChI=1S/C34H46FN5O4/c1-22(2)39(18-24(4)41)33(42)29-15-28(35)6-7-30(29)40-21-27(32-23(3)16-36-17-31(32)40)14-26-8-11-37(20-26)19-25-9-12-38(13-10-25)34(43)44-5/h6-7,15-17,21-22,24-26,41H,8-14,18-20H2,1-5H3/t24-,26+/m1/s1. The van der Waals surface area contributed by atoms with E-state index in [9.17, 15) is 19.1 Å². The Hall–Kier alpha value is -3.50. The molecule has 9 nitrogen and oxygen atoms in total. The minimum atomic E-state index is -0.706. The summed E-state index contributed by atoms with van der Waals surface area (Å²) >= 11 is 0. The van der Waals surface area contributed by atoms with E-state index in [-0.39, 0.29) is 30.2 Å². The number of hydrogen-bond acceptors (Lipinski definition) is 6. The Morgan fingerprint density at radius 2 is 1.84 bits per heavy atom. The van der Waals surface area contributed by atoms with E-state index in [1.54, 1.807) is 22.8 Å². The van der Waals surface area contributed by atoms with Crippen LogP contribution in [-0.4, -0.2) is 99.9 Å². The van der Waals surface area contributed by atoms with E-state index in [1.807, 2.05) is 30.8 Å². The predicted molar refractivity (Wildman–Crippen MR) is 169 cm³/mol. The molecule has 0 unspecified atom stereocenters. The summed E-state index contributed by atoms with van der Waals surface area (Å²) < 4.78 is 21.5. The van der Waals surface area contributed by atoms with Gasteiger partial charge in [-0.1, -0.05) is 0 Å². The van der Waals surface area contributed by atoms with E-state index < -0.39 is 11.9 Å². The van der Waals surface area contributed by atoms with Gasteiger partial charge in [-0.15, -0.1) is 0 Å². The number of amides is 2. The Kier molecular flexibility index (Phi) is 9.90. The summed E-state index contributed by atoms with van der Waals surface area (Å²) in [5.74, 6) is 0.279. The molecule has 0 radical (unpaired) electrons. The van der Waals surface area contributed by atoms with Crippen LogP contribution < -0.4 is 0 Å². The average molecular weight is 608 g/mol. The van der Waals surface area contributed by atoms with Crippen LogP contribution in [0.15, 0.2) is 36.8 Å².